The Morgan fingerprint density at radius 1 is 1.18 bits per heavy atom. The Hall–Kier alpha value is -2.69. The minimum atomic E-state index is -0.137. The maximum absolute atomic E-state index is 12.2. The van der Waals surface area contributed by atoms with Gasteiger partial charge in [-0.25, -0.2) is 0 Å². The van der Waals surface area contributed by atoms with E-state index in [9.17, 15) is 9.59 Å². The smallest absolute Gasteiger partial charge is 0.251 e. The van der Waals surface area contributed by atoms with Crippen LogP contribution in [0, 0.1) is 0 Å². The molecule has 5 nitrogen and oxygen atoms in total. The van der Waals surface area contributed by atoms with Crippen molar-refractivity contribution in [1.29, 1.82) is 0 Å². The van der Waals surface area contributed by atoms with Crippen molar-refractivity contribution in [3.05, 3.63) is 65.5 Å². The second-order valence-electron chi connectivity index (χ2n) is 5.09. The Kier molecular flexibility index (Phi) is 5.25. The minimum Gasteiger partial charge on any atom is -0.352 e. The van der Waals surface area contributed by atoms with E-state index in [4.69, 9.17) is 0 Å². The molecule has 0 saturated heterocycles. The van der Waals surface area contributed by atoms with E-state index in [1.807, 2.05) is 31.2 Å². The summed E-state index contributed by atoms with van der Waals surface area (Å²) in [6, 6.07) is 10.8. The van der Waals surface area contributed by atoms with Gasteiger partial charge >= 0.3 is 0 Å². The van der Waals surface area contributed by atoms with Crippen LogP contribution < -0.4 is 10.6 Å². The normalized spacial score (nSPS) is 11.5. The average Bonchev–Trinajstić information content (AvgIpc) is 2.54. The molecule has 1 unspecified atom stereocenters. The maximum atomic E-state index is 12.2. The Morgan fingerprint density at radius 2 is 1.91 bits per heavy atom. The molecule has 0 saturated carbocycles. The van der Waals surface area contributed by atoms with Gasteiger partial charge in [0.05, 0.1) is 6.04 Å². The number of nitrogens with zero attached hydrogens (tertiary/aromatic N) is 1. The van der Waals surface area contributed by atoms with Gasteiger partial charge in [-0.3, -0.25) is 14.6 Å². The molecule has 0 radical (unpaired) electrons. The zero-order chi connectivity index (χ0) is 15.9. The monoisotopic (exact) mass is 297 g/mol. The van der Waals surface area contributed by atoms with Crippen LogP contribution in [-0.2, 0) is 11.3 Å². The third kappa shape index (κ3) is 4.41. The van der Waals surface area contributed by atoms with Gasteiger partial charge in [0.1, 0.15) is 0 Å². The fourth-order valence-corrected chi connectivity index (χ4v) is 2.00. The van der Waals surface area contributed by atoms with Crippen molar-refractivity contribution in [3.63, 3.8) is 0 Å². The number of hydrogen-bond donors (Lipinski definition) is 2. The number of nitrogens with one attached hydrogen (secondary N) is 2. The molecule has 0 fully saturated rings. The lowest BCUT2D eigenvalue weighted by Gasteiger charge is -2.14. The molecule has 2 amide bonds. The summed E-state index contributed by atoms with van der Waals surface area (Å²) in [5.74, 6) is -0.213. The van der Waals surface area contributed by atoms with Gasteiger partial charge in [0, 0.05) is 31.4 Å². The predicted molar refractivity (Wildman–Crippen MR) is 84.1 cm³/mol. The van der Waals surface area contributed by atoms with E-state index in [1.165, 1.54) is 6.92 Å². The van der Waals surface area contributed by atoms with Crippen LogP contribution in [0.4, 0.5) is 0 Å². The highest BCUT2D eigenvalue weighted by Crippen LogP contribution is 2.12. The van der Waals surface area contributed by atoms with Gasteiger partial charge in [0.25, 0.3) is 5.91 Å². The summed E-state index contributed by atoms with van der Waals surface area (Å²) in [6.07, 6.45) is 3.44. The lowest BCUT2D eigenvalue weighted by atomic mass is 10.1. The zero-order valence-electron chi connectivity index (χ0n) is 12.7. The highest BCUT2D eigenvalue weighted by atomic mass is 16.2. The fourth-order valence-electron chi connectivity index (χ4n) is 2.00. The lowest BCUT2D eigenvalue weighted by Crippen LogP contribution is -2.26. The third-order valence-corrected chi connectivity index (χ3v) is 3.29. The largest absolute Gasteiger partial charge is 0.352 e. The first-order valence-electron chi connectivity index (χ1n) is 7.10. The Bertz CT molecular complexity index is 639. The Balaban J connectivity index is 1.96. The molecule has 2 aromatic rings. The van der Waals surface area contributed by atoms with E-state index < -0.39 is 0 Å². The highest BCUT2D eigenvalue weighted by molar-refractivity contribution is 5.94. The summed E-state index contributed by atoms with van der Waals surface area (Å²) in [7, 11) is 0. The number of hydrogen-bond acceptors (Lipinski definition) is 3. The molecule has 0 spiro atoms. The van der Waals surface area contributed by atoms with Gasteiger partial charge in [-0.15, -0.1) is 0 Å². The summed E-state index contributed by atoms with van der Waals surface area (Å²) < 4.78 is 0. The summed E-state index contributed by atoms with van der Waals surface area (Å²) in [6.45, 7) is 3.85. The van der Waals surface area contributed by atoms with E-state index in [0.29, 0.717) is 12.1 Å². The number of rotatable bonds is 5. The molecule has 5 heteroatoms. The quantitative estimate of drug-likeness (QED) is 0.889. The van der Waals surface area contributed by atoms with E-state index in [-0.39, 0.29) is 17.9 Å². The molecule has 1 heterocycles. The Morgan fingerprint density at radius 3 is 2.50 bits per heavy atom. The lowest BCUT2D eigenvalue weighted by molar-refractivity contribution is -0.119. The molecule has 0 aliphatic rings. The van der Waals surface area contributed by atoms with E-state index in [0.717, 1.165) is 11.1 Å². The Labute approximate surface area is 129 Å². The van der Waals surface area contributed by atoms with Crippen LogP contribution in [0.25, 0.3) is 0 Å². The fraction of sp³-hybridized carbons (Fsp3) is 0.235. The number of carbonyl (C=O) groups is 2. The molecule has 2 N–H and O–H groups in total. The van der Waals surface area contributed by atoms with Crippen molar-refractivity contribution >= 4 is 11.8 Å². The second-order valence-corrected chi connectivity index (χ2v) is 5.09. The SMILES string of the molecule is CC(=O)NCc1ccc(C(=O)NC(C)c2cccnc2)cc1. The van der Waals surface area contributed by atoms with Crippen molar-refractivity contribution in [1.82, 2.24) is 15.6 Å². The molecule has 1 aromatic heterocycles. The molecule has 0 aliphatic carbocycles. The molecule has 0 bridgehead atoms. The minimum absolute atomic E-state index is 0.0767. The second kappa shape index (κ2) is 7.36. The summed E-state index contributed by atoms with van der Waals surface area (Å²) in [5, 5.41) is 5.65. The van der Waals surface area contributed by atoms with Crippen LogP contribution in [0.1, 0.15) is 41.4 Å². The first-order valence-corrected chi connectivity index (χ1v) is 7.10. The summed E-state index contributed by atoms with van der Waals surface area (Å²) in [5.41, 5.74) is 2.49. The number of aromatic nitrogens is 1. The van der Waals surface area contributed by atoms with Crippen LogP contribution in [-0.4, -0.2) is 16.8 Å². The average molecular weight is 297 g/mol. The standard InChI is InChI=1S/C17H19N3O2/c1-12(16-4-3-9-18-11-16)20-17(22)15-7-5-14(6-8-15)10-19-13(2)21/h3-9,11-12H,10H2,1-2H3,(H,19,21)(H,20,22). The molecular weight excluding hydrogens is 278 g/mol. The number of benzene rings is 1. The van der Waals surface area contributed by atoms with Gasteiger partial charge in [-0.05, 0) is 36.2 Å². The molecule has 2 rings (SSSR count). The van der Waals surface area contributed by atoms with Crippen LogP contribution in [0.2, 0.25) is 0 Å². The van der Waals surface area contributed by atoms with Crippen molar-refractivity contribution < 1.29 is 9.59 Å². The first kappa shape index (κ1) is 15.7. The van der Waals surface area contributed by atoms with Gasteiger partial charge in [-0.2, -0.15) is 0 Å². The van der Waals surface area contributed by atoms with Gasteiger partial charge in [-0.1, -0.05) is 18.2 Å². The number of carbonyl (C=O) groups excluding carboxylic acids is 2. The van der Waals surface area contributed by atoms with Crippen molar-refractivity contribution in [2.24, 2.45) is 0 Å². The molecule has 0 aliphatic heterocycles. The van der Waals surface area contributed by atoms with Crippen molar-refractivity contribution in [2.75, 3.05) is 0 Å². The van der Waals surface area contributed by atoms with E-state index in [1.54, 1.807) is 24.5 Å². The topological polar surface area (TPSA) is 71.1 Å². The van der Waals surface area contributed by atoms with Gasteiger partial charge < -0.3 is 10.6 Å². The summed E-state index contributed by atoms with van der Waals surface area (Å²) >= 11 is 0. The number of amides is 2. The zero-order valence-corrected chi connectivity index (χ0v) is 12.7. The third-order valence-electron chi connectivity index (χ3n) is 3.29. The number of pyridine rings is 1. The predicted octanol–water partition coefficient (Wildman–Crippen LogP) is 2.21. The van der Waals surface area contributed by atoms with Crippen LogP contribution in [0.5, 0.6) is 0 Å². The van der Waals surface area contributed by atoms with Crippen LogP contribution >= 0.6 is 0 Å². The molecule has 22 heavy (non-hydrogen) atoms. The molecule has 1 atom stereocenters. The van der Waals surface area contributed by atoms with Crippen LogP contribution in [0.15, 0.2) is 48.8 Å². The van der Waals surface area contributed by atoms with Crippen molar-refractivity contribution in [2.45, 2.75) is 26.4 Å². The van der Waals surface area contributed by atoms with Gasteiger partial charge in [0.15, 0.2) is 0 Å². The van der Waals surface area contributed by atoms with E-state index >= 15 is 0 Å². The summed E-state index contributed by atoms with van der Waals surface area (Å²) in [4.78, 5) is 27.1. The molecule has 1 aromatic carbocycles. The first-order chi connectivity index (χ1) is 10.6. The van der Waals surface area contributed by atoms with Gasteiger partial charge in [0.2, 0.25) is 5.91 Å². The molecular formula is C17H19N3O2. The highest BCUT2D eigenvalue weighted by Gasteiger charge is 2.11. The molecule has 114 valence electrons. The van der Waals surface area contributed by atoms with Crippen molar-refractivity contribution in [3.8, 4) is 0 Å². The van der Waals surface area contributed by atoms with E-state index in [2.05, 4.69) is 15.6 Å². The van der Waals surface area contributed by atoms with Crippen LogP contribution in [0.3, 0.4) is 0 Å². The maximum Gasteiger partial charge on any atom is 0.251 e.